The molecule has 1 saturated carbocycles. The molecule has 0 spiro atoms. The summed E-state index contributed by atoms with van der Waals surface area (Å²) in [5, 5.41) is 0. The lowest BCUT2D eigenvalue weighted by molar-refractivity contribution is 0.282. The van der Waals surface area contributed by atoms with Gasteiger partial charge in [-0.25, -0.2) is 13.1 Å². The molecule has 1 aromatic carbocycles. The van der Waals surface area contributed by atoms with Crippen molar-refractivity contribution < 1.29 is 8.42 Å². The number of nitrogens with two attached hydrogens (primary N) is 1. The number of hydrogen-bond donors (Lipinski definition) is 2. The summed E-state index contributed by atoms with van der Waals surface area (Å²) in [7, 11) is -3.43. The van der Waals surface area contributed by atoms with Crippen LogP contribution in [0.25, 0.3) is 0 Å². The van der Waals surface area contributed by atoms with Crippen molar-refractivity contribution in [3.8, 4) is 0 Å². The minimum atomic E-state index is -3.43. The van der Waals surface area contributed by atoms with Gasteiger partial charge in [-0.15, -0.1) is 0 Å². The standard InChI is InChI=1S/C14H22N2O2S/c1-2-11-5-3-4-6-14(11)16-19(17,18)13-9-7-12(15)8-10-13/h7-11,14,16H,2-6,15H2,1H3. The van der Waals surface area contributed by atoms with Gasteiger partial charge in [-0.1, -0.05) is 26.2 Å². The van der Waals surface area contributed by atoms with Crippen molar-refractivity contribution in [1.82, 2.24) is 4.72 Å². The summed E-state index contributed by atoms with van der Waals surface area (Å²) in [6.45, 7) is 2.13. The topological polar surface area (TPSA) is 72.2 Å². The van der Waals surface area contributed by atoms with Gasteiger partial charge in [0.15, 0.2) is 0 Å². The monoisotopic (exact) mass is 282 g/mol. The van der Waals surface area contributed by atoms with Crippen LogP contribution in [0.15, 0.2) is 29.2 Å². The van der Waals surface area contributed by atoms with E-state index in [4.69, 9.17) is 5.73 Å². The van der Waals surface area contributed by atoms with Crippen LogP contribution in [0.4, 0.5) is 5.69 Å². The zero-order valence-electron chi connectivity index (χ0n) is 11.3. The fourth-order valence-corrected chi connectivity index (χ4v) is 4.11. The molecule has 1 aliphatic carbocycles. The molecule has 2 atom stereocenters. The van der Waals surface area contributed by atoms with E-state index in [-0.39, 0.29) is 6.04 Å². The number of hydrogen-bond acceptors (Lipinski definition) is 3. The molecule has 0 heterocycles. The van der Waals surface area contributed by atoms with Crippen LogP contribution in [0, 0.1) is 5.92 Å². The Bertz CT molecular complexity index is 511. The van der Waals surface area contributed by atoms with Crippen LogP contribution in [0.1, 0.15) is 39.0 Å². The molecule has 1 fully saturated rings. The van der Waals surface area contributed by atoms with E-state index in [1.165, 1.54) is 6.42 Å². The normalized spacial score (nSPS) is 24.3. The average molecular weight is 282 g/mol. The first-order chi connectivity index (χ1) is 9.03. The molecule has 5 heteroatoms. The second kappa shape index (κ2) is 5.92. The Labute approximate surface area is 115 Å². The molecule has 1 aliphatic rings. The minimum Gasteiger partial charge on any atom is -0.399 e. The molecule has 3 N–H and O–H groups in total. The summed E-state index contributed by atoms with van der Waals surface area (Å²) < 4.78 is 27.5. The van der Waals surface area contributed by atoms with Gasteiger partial charge in [0.05, 0.1) is 4.90 Å². The van der Waals surface area contributed by atoms with Crippen molar-refractivity contribution in [2.75, 3.05) is 5.73 Å². The van der Waals surface area contributed by atoms with E-state index in [0.717, 1.165) is 25.7 Å². The minimum absolute atomic E-state index is 0.0707. The summed E-state index contributed by atoms with van der Waals surface area (Å²) in [6.07, 6.45) is 5.39. The van der Waals surface area contributed by atoms with Gasteiger partial charge in [0.2, 0.25) is 10.0 Å². The van der Waals surface area contributed by atoms with Crippen molar-refractivity contribution in [2.24, 2.45) is 5.92 Å². The highest BCUT2D eigenvalue weighted by Crippen LogP contribution is 2.28. The van der Waals surface area contributed by atoms with Gasteiger partial charge >= 0.3 is 0 Å². The number of sulfonamides is 1. The lowest BCUT2D eigenvalue weighted by atomic mass is 9.83. The predicted molar refractivity (Wildman–Crippen MR) is 77.2 cm³/mol. The van der Waals surface area contributed by atoms with Crippen molar-refractivity contribution in [1.29, 1.82) is 0 Å². The molecular formula is C14H22N2O2S. The number of benzene rings is 1. The van der Waals surface area contributed by atoms with E-state index < -0.39 is 10.0 Å². The second-order valence-corrected chi connectivity index (χ2v) is 6.96. The first-order valence-electron chi connectivity index (χ1n) is 6.91. The Morgan fingerprint density at radius 1 is 1.21 bits per heavy atom. The van der Waals surface area contributed by atoms with Crippen molar-refractivity contribution in [3.63, 3.8) is 0 Å². The quantitative estimate of drug-likeness (QED) is 0.833. The summed E-state index contributed by atoms with van der Waals surface area (Å²) in [5.41, 5.74) is 6.15. The van der Waals surface area contributed by atoms with Crippen LogP contribution in [0.5, 0.6) is 0 Å². The SMILES string of the molecule is CCC1CCCCC1NS(=O)(=O)c1ccc(N)cc1. The Hall–Kier alpha value is -1.07. The van der Waals surface area contributed by atoms with Crippen molar-refractivity contribution >= 4 is 15.7 Å². The maximum atomic E-state index is 12.3. The van der Waals surface area contributed by atoms with E-state index >= 15 is 0 Å². The van der Waals surface area contributed by atoms with Gasteiger partial charge in [0.25, 0.3) is 0 Å². The highest BCUT2D eigenvalue weighted by molar-refractivity contribution is 7.89. The Balaban J connectivity index is 2.14. The summed E-state index contributed by atoms with van der Waals surface area (Å²) in [6, 6.07) is 6.42. The number of nitrogen functional groups attached to an aromatic ring is 1. The average Bonchev–Trinajstić information content (AvgIpc) is 2.39. The van der Waals surface area contributed by atoms with Crippen LogP contribution >= 0.6 is 0 Å². The molecule has 2 rings (SSSR count). The predicted octanol–water partition coefficient (Wildman–Crippen LogP) is 2.52. The molecule has 0 bridgehead atoms. The lowest BCUT2D eigenvalue weighted by Gasteiger charge is -2.31. The fourth-order valence-electron chi connectivity index (χ4n) is 2.77. The van der Waals surface area contributed by atoms with E-state index in [2.05, 4.69) is 11.6 Å². The molecule has 0 amide bonds. The van der Waals surface area contributed by atoms with Gasteiger partial charge < -0.3 is 5.73 Å². The third kappa shape index (κ3) is 3.48. The molecule has 19 heavy (non-hydrogen) atoms. The molecule has 106 valence electrons. The maximum absolute atomic E-state index is 12.3. The highest BCUT2D eigenvalue weighted by atomic mass is 32.2. The molecule has 0 aromatic heterocycles. The zero-order chi connectivity index (χ0) is 13.9. The van der Waals surface area contributed by atoms with Gasteiger partial charge in [0.1, 0.15) is 0 Å². The van der Waals surface area contributed by atoms with Gasteiger partial charge in [-0.05, 0) is 43.0 Å². The molecule has 0 aliphatic heterocycles. The Kier molecular flexibility index (Phi) is 4.47. The van der Waals surface area contributed by atoms with Crippen molar-refractivity contribution in [2.45, 2.75) is 50.0 Å². The summed E-state index contributed by atoms with van der Waals surface area (Å²) >= 11 is 0. The first-order valence-corrected chi connectivity index (χ1v) is 8.39. The van der Waals surface area contributed by atoms with Crippen LogP contribution in [-0.2, 0) is 10.0 Å². The van der Waals surface area contributed by atoms with Gasteiger partial charge in [-0.3, -0.25) is 0 Å². The molecule has 2 unspecified atom stereocenters. The van der Waals surface area contributed by atoms with E-state index in [1.807, 2.05) is 0 Å². The molecule has 1 aromatic rings. The third-order valence-corrected chi connectivity index (χ3v) is 5.44. The molecule has 0 saturated heterocycles. The lowest BCUT2D eigenvalue weighted by Crippen LogP contribution is -2.41. The maximum Gasteiger partial charge on any atom is 0.240 e. The largest absolute Gasteiger partial charge is 0.399 e. The smallest absolute Gasteiger partial charge is 0.240 e. The van der Waals surface area contributed by atoms with E-state index in [9.17, 15) is 8.42 Å². The van der Waals surface area contributed by atoms with Crippen LogP contribution in [0.2, 0.25) is 0 Å². The highest BCUT2D eigenvalue weighted by Gasteiger charge is 2.28. The summed E-state index contributed by atoms with van der Waals surface area (Å²) in [5.74, 6) is 0.456. The fraction of sp³-hybridized carbons (Fsp3) is 0.571. The number of rotatable bonds is 4. The first kappa shape index (κ1) is 14.3. The van der Waals surface area contributed by atoms with E-state index in [1.54, 1.807) is 24.3 Å². The van der Waals surface area contributed by atoms with Crippen LogP contribution in [0.3, 0.4) is 0 Å². The third-order valence-electron chi connectivity index (χ3n) is 3.93. The van der Waals surface area contributed by atoms with E-state index in [0.29, 0.717) is 16.5 Å². The summed E-state index contributed by atoms with van der Waals surface area (Å²) in [4.78, 5) is 0.294. The van der Waals surface area contributed by atoms with Crippen molar-refractivity contribution in [3.05, 3.63) is 24.3 Å². The second-order valence-electron chi connectivity index (χ2n) is 5.25. The Morgan fingerprint density at radius 3 is 2.47 bits per heavy atom. The number of nitrogens with one attached hydrogen (secondary N) is 1. The van der Waals surface area contributed by atoms with Gasteiger partial charge in [0, 0.05) is 11.7 Å². The van der Waals surface area contributed by atoms with Gasteiger partial charge in [-0.2, -0.15) is 0 Å². The van der Waals surface area contributed by atoms with Crippen LogP contribution in [-0.4, -0.2) is 14.5 Å². The molecule has 4 nitrogen and oxygen atoms in total. The molecule has 0 radical (unpaired) electrons. The molecular weight excluding hydrogens is 260 g/mol. The Morgan fingerprint density at radius 2 is 1.84 bits per heavy atom. The van der Waals surface area contributed by atoms with Crippen LogP contribution < -0.4 is 10.5 Å². The zero-order valence-corrected chi connectivity index (χ0v) is 12.1. The number of anilines is 1.